The van der Waals surface area contributed by atoms with Gasteiger partial charge in [0.25, 0.3) is 0 Å². The molecule has 1 aromatic carbocycles. The van der Waals surface area contributed by atoms with Crippen molar-refractivity contribution in [2.75, 3.05) is 13.1 Å². The molecule has 2 N–H and O–H groups in total. The van der Waals surface area contributed by atoms with Gasteiger partial charge >= 0.3 is 0 Å². The van der Waals surface area contributed by atoms with Crippen LogP contribution in [0.1, 0.15) is 37.8 Å². The molecule has 0 saturated heterocycles. The zero-order chi connectivity index (χ0) is 16.2. The number of aryl methyl sites for hydroxylation is 1. The van der Waals surface area contributed by atoms with Crippen LogP contribution in [0.5, 0.6) is 0 Å². The largest absolute Gasteiger partial charge is 0.320 e. The summed E-state index contributed by atoms with van der Waals surface area (Å²) in [6.45, 7) is 14.1. The van der Waals surface area contributed by atoms with E-state index in [4.69, 9.17) is 5.73 Å². The van der Waals surface area contributed by atoms with Gasteiger partial charge in [0.1, 0.15) is 0 Å². The highest BCUT2D eigenvalue weighted by molar-refractivity contribution is 5.38. The van der Waals surface area contributed by atoms with Gasteiger partial charge in [0, 0.05) is 19.1 Å². The lowest BCUT2D eigenvalue weighted by Gasteiger charge is -2.48. The van der Waals surface area contributed by atoms with Gasteiger partial charge in [-0.15, -0.1) is 13.2 Å². The van der Waals surface area contributed by atoms with E-state index in [2.05, 4.69) is 56.2 Å². The fraction of sp³-hybridized carbons (Fsp3) is 0.500. The Hall–Kier alpha value is -1.38. The number of benzene rings is 1. The monoisotopic (exact) mass is 298 g/mol. The summed E-state index contributed by atoms with van der Waals surface area (Å²) < 4.78 is 0. The fourth-order valence-corrected chi connectivity index (χ4v) is 4.01. The molecule has 2 atom stereocenters. The van der Waals surface area contributed by atoms with E-state index in [1.54, 1.807) is 0 Å². The second-order valence-corrected chi connectivity index (χ2v) is 6.88. The van der Waals surface area contributed by atoms with Crippen molar-refractivity contribution < 1.29 is 0 Å². The van der Waals surface area contributed by atoms with Crippen LogP contribution in [0.2, 0.25) is 0 Å². The molecule has 22 heavy (non-hydrogen) atoms. The van der Waals surface area contributed by atoms with E-state index in [0.717, 1.165) is 32.4 Å². The first-order valence-corrected chi connectivity index (χ1v) is 8.36. The summed E-state index contributed by atoms with van der Waals surface area (Å²) in [4.78, 5) is 2.43. The second kappa shape index (κ2) is 7.26. The van der Waals surface area contributed by atoms with Gasteiger partial charge in [-0.05, 0) is 36.3 Å². The summed E-state index contributed by atoms with van der Waals surface area (Å²) in [5, 5.41) is 0. The van der Waals surface area contributed by atoms with Crippen LogP contribution < -0.4 is 5.73 Å². The van der Waals surface area contributed by atoms with Gasteiger partial charge in [-0.25, -0.2) is 0 Å². The first-order chi connectivity index (χ1) is 10.5. The van der Waals surface area contributed by atoms with Crippen molar-refractivity contribution in [2.45, 2.75) is 44.7 Å². The molecule has 1 aliphatic rings. The topological polar surface area (TPSA) is 29.3 Å². The smallest absolute Gasteiger partial charge is 0.0572 e. The van der Waals surface area contributed by atoms with Crippen molar-refractivity contribution in [3.8, 4) is 0 Å². The summed E-state index contributed by atoms with van der Waals surface area (Å²) in [6.07, 6.45) is 7.14. The van der Waals surface area contributed by atoms with Gasteiger partial charge in [-0.2, -0.15) is 0 Å². The van der Waals surface area contributed by atoms with Crippen molar-refractivity contribution >= 4 is 0 Å². The Labute approximate surface area is 135 Å². The standard InChI is InChI=1S/C20H30N2/c1-5-13-22(14-6-2)19-12-11-17-9-7-8-10-18(17)20(19,21)15-16(3)4/h5-10,16,19H,1-2,11-15,21H2,3-4H3. The van der Waals surface area contributed by atoms with Crippen molar-refractivity contribution in [2.24, 2.45) is 11.7 Å². The molecular formula is C20H30N2. The quantitative estimate of drug-likeness (QED) is 0.774. The maximum absolute atomic E-state index is 7.07. The molecular weight excluding hydrogens is 268 g/mol. The van der Waals surface area contributed by atoms with Crippen molar-refractivity contribution in [3.05, 3.63) is 60.7 Å². The van der Waals surface area contributed by atoms with Gasteiger partial charge in [-0.3, -0.25) is 4.90 Å². The third-order valence-electron chi connectivity index (χ3n) is 4.71. The predicted molar refractivity (Wildman–Crippen MR) is 95.8 cm³/mol. The van der Waals surface area contributed by atoms with E-state index in [-0.39, 0.29) is 5.54 Å². The first-order valence-electron chi connectivity index (χ1n) is 8.36. The summed E-state index contributed by atoms with van der Waals surface area (Å²) in [7, 11) is 0. The number of nitrogens with zero attached hydrogens (tertiary/aromatic N) is 1. The molecule has 0 amide bonds. The molecule has 0 fully saturated rings. The van der Waals surface area contributed by atoms with E-state index in [1.807, 2.05) is 12.2 Å². The highest BCUT2D eigenvalue weighted by atomic mass is 15.2. The predicted octanol–water partition coefficient (Wildman–Crippen LogP) is 3.88. The van der Waals surface area contributed by atoms with Gasteiger partial charge in [-0.1, -0.05) is 50.3 Å². The van der Waals surface area contributed by atoms with Crippen LogP contribution in [0.4, 0.5) is 0 Å². The molecule has 0 saturated carbocycles. The molecule has 0 bridgehead atoms. The maximum atomic E-state index is 7.07. The Kier molecular flexibility index (Phi) is 5.60. The minimum Gasteiger partial charge on any atom is -0.320 e. The molecule has 1 aromatic rings. The molecule has 2 nitrogen and oxygen atoms in total. The van der Waals surface area contributed by atoms with Crippen LogP contribution in [0.3, 0.4) is 0 Å². The van der Waals surface area contributed by atoms with Crippen LogP contribution in [-0.2, 0) is 12.0 Å². The molecule has 2 rings (SSSR count). The summed E-state index contributed by atoms with van der Waals surface area (Å²) >= 11 is 0. The Morgan fingerprint density at radius 1 is 1.27 bits per heavy atom. The third kappa shape index (κ3) is 3.34. The van der Waals surface area contributed by atoms with Gasteiger partial charge < -0.3 is 5.73 Å². The van der Waals surface area contributed by atoms with Gasteiger partial charge in [0.2, 0.25) is 0 Å². The normalized spacial score (nSPS) is 24.3. The molecule has 0 spiro atoms. The Morgan fingerprint density at radius 2 is 1.91 bits per heavy atom. The molecule has 0 aromatic heterocycles. The van der Waals surface area contributed by atoms with Crippen LogP contribution >= 0.6 is 0 Å². The van der Waals surface area contributed by atoms with E-state index >= 15 is 0 Å². The van der Waals surface area contributed by atoms with E-state index in [9.17, 15) is 0 Å². The third-order valence-corrected chi connectivity index (χ3v) is 4.71. The number of rotatable bonds is 7. The number of fused-ring (bicyclic) bond motifs is 1. The van der Waals surface area contributed by atoms with Crippen molar-refractivity contribution in [3.63, 3.8) is 0 Å². The Bertz CT molecular complexity index is 510. The van der Waals surface area contributed by atoms with Crippen molar-refractivity contribution in [1.82, 2.24) is 4.90 Å². The highest BCUT2D eigenvalue weighted by Gasteiger charge is 2.43. The minimum absolute atomic E-state index is 0.297. The van der Waals surface area contributed by atoms with Crippen LogP contribution in [0, 0.1) is 5.92 Å². The summed E-state index contributed by atoms with van der Waals surface area (Å²) in [6, 6.07) is 9.04. The highest BCUT2D eigenvalue weighted by Crippen LogP contribution is 2.40. The van der Waals surface area contributed by atoms with Crippen LogP contribution in [-0.4, -0.2) is 24.0 Å². The molecule has 120 valence electrons. The van der Waals surface area contributed by atoms with Crippen molar-refractivity contribution in [1.29, 1.82) is 0 Å². The number of nitrogens with two attached hydrogens (primary N) is 1. The summed E-state index contributed by atoms with van der Waals surface area (Å²) in [5.41, 5.74) is 9.52. The molecule has 0 heterocycles. The molecule has 0 radical (unpaired) electrons. The average molecular weight is 298 g/mol. The van der Waals surface area contributed by atoms with E-state index in [0.29, 0.717) is 12.0 Å². The lowest BCUT2D eigenvalue weighted by molar-refractivity contribution is 0.107. The van der Waals surface area contributed by atoms with E-state index < -0.39 is 0 Å². The Morgan fingerprint density at radius 3 is 2.50 bits per heavy atom. The van der Waals surface area contributed by atoms with Gasteiger partial charge in [0.15, 0.2) is 0 Å². The summed E-state index contributed by atoms with van der Waals surface area (Å²) in [5.74, 6) is 0.563. The lowest BCUT2D eigenvalue weighted by atomic mass is 9.69. The lowest BCUT2D eigenvalue weighted by Crippen LogP contribution is -2.59. The number of hydrogen-bond donors (Lipinski definition) is 1. The molecule has 0 aliphatic heterocycles. The zero-order valence-electron chi connectivity index (χ0n) is 14.1. The fourth-order valence-electron chi connectivity index (χ4n) is 4.01. The number of hydrogen-bond acceptors (Lipinski definition) is 2. The van der Waals surface area contributed by atoms with Crippen LogP contribution in [0.25, 0.3) is 0 Å². The Balaban J connectivity index is 2.44. The molecule has 2 heteroatoms. The zero-order valence-corrected chi connectivity index (χ0v) is 14.1. The second-order valence-electron chi connectivity index (χ2n) is 6.88. The minimum atomic E-state index is -0.297. The maximum Gasteiger partial charge on any atom is 0.0572 e. The first kappa shape index (κ1) is 17.0. The molecule has 1 aliphatic carbocycles. The van der Waals surface area contributed by atoms with Gasteiger partial charge in [0.05, 0.1) is 5.54 Å². The van der Waals surface area contributed by atoms with E-state index in [1.165, 1.54) is 11.1 Å². The molecule has 2 unspecified atom stereocenters. The SMILES string of the molecule is C=CCN(CC=C)C1CCc2ccccc2C1(N)CC(C)C. The average Bonchev–Trinajstić information content (AvgIpc) is 2.47. The van der Waals surface area contributed by atoms with Crippen LogP contribution in [0.15, 0.2) is 49.6 Å².